The van der Waals surface area contributed by atoms with Crippen LogP contribution in [0.2, 0.25) is 0 Å². The number of rotatable bonds is 0. The minimum atomic E-state index is 0.393. The Morgan fingerprint density at radius 1 is 1.29 bits per heavy atom. The molecule has 14 heavy (non-hydrogen) atoms. The van der Waals surface area contributed by atoms with Crippen LogP contribution in [0, 0.1) is 0 Å². The highest BCUT2D eigenvalue weighted by Crippen LogP contribution is 2.34. The highest BCUT2D eigenvalue weighted by atomic mass is 14.7. The minimum absolute atomic E-state index is 0.393. The lowest BCUT2D eigenvalue weighted by Gasteiger charge is -2.23. The highest BCUT2D eigenvalue weighted by Gasteiger charge is 2.21. The van der Waals surface area contributed by atoms with Crippen molar-refractivity contribution in [3.8, 4) is 0 Å². The fraction of sp³-hybridized carbons (Fsp3) is 0.154. The van der Waals surface area contributed by atoms with Gasteiger partial charge < -0.3 is 0 Å². The lowest BCUT2D eigenvalue weighted by molar-refractivity contribution is 0.879. The van der Waals surface area contributed by atoms with E-state index < -0.39 is 0 Å². The Bertz CT molecular complexity index is 452. The smallest absolute Gasteiger partial charge is 0.0551 e. The Morgan fingerprint density at radius 2 is 2.29 bits per heavy atom. The molecule has 0 amide bonds. The molecule has 1 nitrogen and oxygen atoms in total. The second-order valence-corrected chi connectivity index (χ2v) is 3.68. The van der Waals surface area contributed by atoms with Gasteiger partial charge in [-0.15, -0.1) is 0 Å². The van der Waals surface area contributed by atoms with E-state index >= 15 is 0 Å². The number of aromatic nitrogens is 1. The number of fused-ring (bicyclic) bond motifs is 3. The maximum Gasteiger partial charge on any atom is 0.0551 e. The fourth-order valence-corrected chi connectivity index (χ4v) is 2.13. The maximum atomic E-state index is 4.48. The Morgan fingerprint density at radius 3 is 3.29 bits per heavy atom. The zero-order valence-electron chi connectivity index (χ0n) is 7.85. The van der Waals surface area contributed by atoms with Crippen molar-refractivity contribution in [2.45, 2.75) is 12.3 Å². The summed E-state index contributed by atoms with van der Waals surface area (Å²) in [5.41, 5.74) is 3.98. The van der Waals surface area contributed by atoms with E-state index in [-0.39, 0.29) is 0 Å². The number of allylic oxidation sites excluding steroid dienone is 6. The van der Waals surface area contributed by atoms with Gasteiger partial charge in [0.05, 0.1) is 5.69 Å². The van der Waals surface area contributed by atoms with Gasteiger partial charge in [0, 0.05) is 12.1 Å². The first-order chi connectivity index (χ1) is 6.95. The molecule has 0 bridgehead atoms. The van der Waals surface area contributed by atoms with Gasteiger partial charge in [0.2, 0.25) is 0 Å². The van der Waals surface area contributed by atoms with Crippen molar-refractivity contribution in [3.63, 3.8) is 0 Å². The first-order valence-corrected chi connectivity index (χ1v) is 4.94. The van der Waals surface area contributed by atoms with Crippen LogP contribution in [0.3, 0.4) is 0 Å². The summed E-state index contributed by atoms with van der Waals surface area (Å²) in [6, 6.07) is 4.18. The molecule has 2 aliphatic carbocycles. The van der Waals surface area contributed by atoms with Crippen molar-refractivity contribution in [2.75, 3.05) is 0 Å². The fourth-order valence-electron chi connectivity index (χ4n) is 2.13. The molecule has 3 rings (SSSR count). The number of hydrogen-bond acceptors (Lipinski definition) is 1. The van der Waals surface area contributed by atoms with E-state index in [9.17, 15) is 0 Å². The summed E-state index contributed by atoms with van der Waals surface area (Å²) < 4.78 is 0. The maximum absolute atomic E-state index is 4.48. The molecule has 2 aliphatic rings. The van der Waals surface area contributed by atoms with E-state index in [0.29, 0.717) is 5.92 Å². The van der Waals surface area contributed by atoms with Gasteiger partial charge >= 0.3 is 0 Å². The molecule has 1 atom stereocenters. The molecule has 1 aromatic heterocycles. The highest BCUT2D eigenvalue weighted by molar-refractivity contribution is 5.48. The molecule has 0 N–H and O–H groups in total. The van der Waals surface area contributed by atoms with Crippen LogP contribution in [0.25, 0.3) is 0 Å². The molecule has 0 saturated carbocycles. The van der Waals surface area contributed by atoms with E-state index in [0.717, 1.165) is 6.42 Å². The van der Waals surface area contributed by atoms with Crippen LogP contribution in [-0.2, 0) is 6.42 Å². The number of pyridine rings is 1. The molecule has 68 valence electrons. The SMILES string of the molecule is C1=CC2=CCc3cccnc3C2C=C1. The topological polar surface area (TPSA) is 12.9 Å². The average Bonchev–Trinajstić information content (AvgIpc) is 2.29. The van der Waals surface area contributed by atoms with E-state index in [4.69, 9.17) is 0 Å². The summed E-state index contributed by atoms with van der Waals surface area (Å²) in [5, 5.41) is 0. The Hall–Kier alpha value is -1.63. The lowest BCUT2D eigenvalue weighted by Crippen LogP contribution is -2.11. The van der Waals surface area contributed by atoms with E-state index in [2.05, 4.69) is 41.4 Å². The third-order valence-corrected chi connectivity index (χ3v) is 2.84. The van der Waals surface area contributed by atoms with Crippen LogP contribution in [0.5, 0.6) is 0 Å². The second-order valence-electron chi connectivity index (χ2n) is 3.68. The largest absolute Gasteiger partial charge is 0.260 e. The summed E-state index contributed by atoms with van der Waals surface area (Å²) in [4.78, 5) is 4.48. The zero-order valence-corrected chi connectivity index (χ0v) is 7.85. The Labute approximate surface area is 83.5 Å². The third kappa shape index (κ3) is 1.06. The molecule has 0 saturated heterocycles. The molecule has 0 spiro atoms. The molecule has 1 heterocycles. The van der Waals surface area contributed by atoms with Crippen LogP contribution in [-0.4, -0.2) is 4.98 Å². The molecule has 1 heteroatoms. The summed E-state index contributed by atoms with van der Waals surface area (Å²) in [5.74, 6) is 0.393. The zero-order chi connectivity index (χ0) is 9.38. The molecule has 1 unspecified atom stereocenters. The van der Waals surface area contributed by atoms with E-state index in [1.54, 1.807) is 0 Å². The minimum Gasteiger partial charge on any atom is -0.260 e. The van der Waals surface area contributed by atoms with Gasteiger partial charge in [0.15, 0.2) is 0 Å². The van der Waals surface area contributed by atoms with Crippen LogP contribution in [0.1, 0.15) is 17.2 Å². The van der Waals surface area contributed by atoms with E-state index in [1.807, 2.05) is 12.3 Å². The summed E-state index contributed by atoms with van der Waals surface area (Å²) in [7, 11) is 0. The molecular weight excluding hydrogens is 170 g/mol. The van der Waals surface area contributed by atoms with Crippen molar-refractivity contribution in [2.24, 2.45) is 0 Å². The van der Waals surface area contributed by atoms with Crippen molar-refractivity contribution in [3.05, 3.63) is 65.5 Å². The second kappa shape index (κ2) is 2.95. The van der Waals surface area contributed by atoms with Gasteiger partial charge in [-0.1, -0.05) is 36.4 Å². The summed E-state index contributed by atoms with van der Waals surface area (Å²) in [6.07, 6.45) is 13.8. The van der Waals surface area contributed by atoms with Crippen LogP contribution >= 0.6 is 0 Å². The van der Waals surface area contributed by atoms with Gasteiger partial charge in [-0.05, 0) is 23.6 Å². The van der Waals surface area contributed by atoms with Crippen molar-refractivity contribution < 1.29 is 0 Å². The average molecular weight is 181 g/mol. The Kier molecular flexibility index (Phi) is 1.63. The molecule has 1 aromatic rings. The third-order valence-electron chi connectivity index (χ3n) is 2.84. The van der Waals surface area contributed by atoms with Gasteiger partial charge in [-0.3, -0.25) is 4.98 Å². The molecule has 0 aliphatic heterocycles. The van der Waals surface area contributed by atoms with Gasteiger partial charge in [0.25, 0.3) is 0 Å². The van der Waals surface area contributed by atoms with Gasteiger partial charge in [0.1, 0.15) is 0 Å². The van der Waals surface area contributed by atoms with Crippen LogP contribution < -0.4 is 0 Å². The van der Waals surface area contributed by atoms with Crippen LogP contribution in [0.15, 0.2) is 54.3 Å². The van der Waals surface area contributed by atoms with Crippen molar-refractivity contribution in [1.29, 1.82) is 0 Å². The lowest BCUT2D eigenvalue weighted by atomic mass is 9.83. The first kappa shape index (κ1) is 7.74. The predicted octanol–water partition coefficient (Wildman–Crippen LogP) is 2.77. The monoisotopic (exact) mass is 181 g/mol. The van der Waals surface area contributed by atoms with Gasteiger partial charge in [-0.25, -0.2) is 0 Å². The molecular formula is C13H11N. The van der Waals surface area contributed by atoms with Gasteiger partial charge in [-0.2, -0.15) is 0 Å². The van der Waals surface area contributed by atoms with E-state index in [1.165, 1.54) is 16.8 Å². The molecule has 0 aromatic carbocycles. The molecule has 0 radical (unpaired) electrons. The number of nitrogens with zero attached hydrogens (tertiary/aromatic N) is 1. The quantitative estimate of drug-likeness (QED) is 0.599. The number of hydrogen-bond donors (Lipinski definition) is 0. The predicted molar refractivity (Wildman–Crippen MR) is 57.0 cm³/mol. The summed E-state index contributed by atoms with van der Waals surface area (Å²) >= 11 is 0. The van der Waals surface area contributed by atoms with Crippen LogP contribution in [0.4, 0.5) is 0 Å². The van der Waals surface area contributed by atoms with Crippen molar-refractivity contribution >= 4 is 0 Å². The molecule has 0 fully saturated rings. The van der Waals surface area contributed by atoms with Crippen molar-refractivity contribution in [1.82, 2.24) is 4.98 Å². The Balaban J connectivity index is 2.15. The normalized spacial score (nSPS) is 22.6. The standard InChI is InChI=1S/C13H11N/c1-2-6-12-10(4-1)7-8-11-5-3-9-14-13(11)12/h1-7,9,12H,8H2. The summed E-state index contributed by atoms with van der Waals surface area (Å²) in [6.45, 7) is 0. The first-order valence-electron chi connectivity index (χ1n) is 4.94.